The van der Waals surface area contributed by atoms with Crippen LogP contribution in [-0.4, -0.2) is 30.9 Å². The van der Waals surface area contributed by atoms with Gasteiger partial charge in [-0.3, -0.25) is 9.59 Å². The van der Waals surface area contributed by atoms with E-state index in [9.17, 15) is 19.6 Å². The van der Waals surface area contributed by atoms with E-state index in [0.29, 0.717) is 29.2 Å². The van der Waals surface area contributed by atoms with E-state index in [1.165, 1.54) is 13.0 Å². The number of nitrogens with zero attached hydrogens (tertiary/aromatic N) is 1. The first-order valence-electron chi connectivity index (χ1n) is 8.85. The van der Waals surface area contributed by atoms with E-state index in [1.54, 1.807) is 54.6 Å². The Labute approximate surface area is 168 Å². The van der Waals surface area contributed by atoms with Gasteiger partial charge in [0.15, 0.2) is 12.4 Å². The van der Waals surface area contributed by atoms with Crippen molar-refractivity contribution in [1.29, 1.82) is 5.26 Å². The molecule has 0 fully saturated rings. The van der Waals surface area contributed by atoms with Gasteiger partial charge in [0.05, 0.1) is 6.61 Å². The van der Waals surface area contributed by atoms with Gasteiger partial charge in [-0.15, -0.1) is 0 Å². The van der Waals surface area contributed by atoms with E-state index >= 15 is 0 Å². The third-order valence-electron chi connectivity index (χ3n) is 3.75. The summed E-state index contributed by atoms with van der Waals surface area (Å²) in [5, 5.41) is 11.7. The van der Waals surface area contributed by atoms with Crippen molar-refractivity contribution < 1.29 is 23.9 Å². The number of anilines is 1. The molecule has 148 valence electrons. The molecule has 0 aliphatic rings. The second-order valence-corrected chi connectivity index (χ2v) is 5.93. The van der Waals surface area contributed by atoms with Crippen LogP contribution >= 0.6 is 0 Å². The van der Waals surface area contributed by atoms with Crippen molar-refractivity contribution in [3.8, 4) is 11.8 Å². The number of nitrogens with one attached hydrogen (secondary N) is 1. The highest BCUT2D eigenvalue weighted by molar-refractivity contribution is 6.00. The maximum Gasteiger partial charge on any atom is 0.349 e. The van der Waals surface area contributed by atoms with Crippen LogP contribution in [0, 0.1) is 11.3 Å². The van der Waals surface area contributed by atoms with Gasteiger partial charge < -0.3 is 14.8 Å². The van der Waals surface area contributed by atoms with Crippen molar-refractivity contribution in [1.82, 2.24) is 0 Å². The molecular formula is C22H20N2O5. The number of benzene rings is 2. The molecule has 7 nitrogen and oxygen atoms in total. The Morgan fingerprint density at radius 1 is 1.07 bits per heavy atom. The normalized spacial score (nSPS) is 10.6. The van der Waals surface area contributed by atoms with Gasteiger partial charge in [0.25, 0.3) is 5.91 Å². The van der Waals surface area contributed by atoms with E-state index in [2.05, 4.69) is 5.32 Å². The monoisotopic (exact) mass is 392 g/mol. The Morgan fingerprint density at radius 3 is 2.28 bits per heavy atom. The summed E-state index contributed by atoms with van der Waals surface area (Å²) >= 11 is 0. The molecule has 1 N–H and O–H groups in total. The molecule has 2 aromatic carbocycles. The molecule has 0 unspecified atom stereocenters. The predicted octanol–water partition coefficient (Wildman–Crippen LogP) is 3.38. The van der Waals surface area contributed by atoms with Gasteiger partial charge in [-0.05, 0) is 61.9 Å². The molecule has 0 heterocycles. The van der Waals surface area contributed by atoms with E-state index in [1.807, 2.05) is 6.92 Å². The lowest BCUT2D eigenvalue weighted by Gasteiger charge is -2.07. The number of rotatable bonds is 8. The Kier molecular flexibility index (Phi) is 7.68. The number of carbonyl (C=O) groups excluding carboxylic acids is 3. The number of hydrogen-bond acceptors (Lipinski definition) is 6. The van der Waals surface area contributed by atoms with Crippen molar-refractivity contribution in [2.75, 3.05) is 18.5 Å². The average molecular weight is 392 g/mol. The van der Waals surface area contributed by atoms with Crippen LogP contribution in [0.15, 0.2) is 54.1 Å². The van der Waals surface area contributed by atoms with Gasteiger partial charge in [-0.1, -0.05) is 12.1 Å². The molecule has 29 heavy (non-hydrogen) atoms. The summed E-state index contributed by atoms with van der Waals surface area (Å²) in [5.74, 6) is -0.866. The summed E-state index contributed by atoms with van der Waals surface area (Å²) in [5.41, 5.74) is 1.37. The molecule has 0 bridgehead atoms. The largest absolute Gasteiger partial charge is 0.494 e. The number of Topliss-reactive ketones (excluding diaryl/α,β-unsaturated/α-hetero) is 1. The molecule has 0 aromatic heterocycles. The number of ether oxygens (including phenoxy) is 2. The van der Waals surface area contributed by atoms with Gasteiger partial charge in [-0.2, -0.15) is 5.26 Å². The lowest BCUT2D eigenvalue weighted by Crippen LogP contribution is -2.21. The topological polar surface area (TPSA) is 105 Å². The summed E-state index contributed by atoms with van der Waals surface area (Å²) in [6.45, 7) is 3.30. The first-order valence-corrected chi connectivity index (χ1v) is 8.85. The zero-order valence-electron chi connectivity index (χ0n) is 16.1. The Morgan fingerprint density at radius 2 is 1.72 bits per heavy atom. The zero-order valence-corrected chi connectivity index (χ0v) is 16.1. The molecule has 0 spiro atoms. The number of carbonyl (C=O) groups is 3. The molecule has 0 atom stereocenters. The molecule has 0 saturated carbocycles. The maximum atomic E-state index is 12.1. The van der Waals surface area contributed by atoms with Crippen molar-refractivity contribution >= 4 is 29.4 Å². The standard InChI is InChI=1S/C22H20N2O5/c1-3-28-20-10-4-16(5-11-20)12-18(13-23)22(27)29-14-21(26)24-19-8-6-17(7-9-19)15(2)25/h4-12H,3,14H2,1-2H3,(H,24,26)/b18-12+. The van der Waals surface area contributed by atoms with Gasteiger partial charge in [0, 0.05) is 11.3 Å². The van der Waals surface area contributed by atoms with E-state index in [-0.39, 0.29) is 11.4 Å². The summed E-state index contributed by atoms with van der Waals surface area (Å²) in [6, 6.07) is 14.9. The maximum absolute atomic E-state index is 12.1. The second kappa shape index (κ2) is 10.4. The molecule has 0 aliphatic carbocycles. The van der Waals surface area contributed by atoms with Crippen LogP contribution in [0.2, 0.25) is 0 Å². The predicted molar refractivity (Wildman–Crippen MR) is 107 cm³/mol. The third-order valence-corrected chi connectivity index (χ3v) is 3.75. The minimum atomic E-state index is -0.900. The molecule has 7 heteroatoms. The zero-order chi connectivity index (χ0) is 21.2. The number of esters is 1. The number of hydrogen-bond donors (Lipinski definition) is 1. The fourth-order valence-electron chi connectivity index (χ4n) is 2.32. The first kappa shape index (κ1) is 21.4. The Balaban J connectivity index is 1.92. The fourth-order valence-corrected chi connectivity index (χ4v) is 2.32. The molecule has 2 aromatic rings. The number of ketones is 1. The number of amides is 1. The van der Waals surface area contributed by atoms with Crippen molar-refractivity contribution in [3.63, 3.8) is 0 Å². The van der Waals surface area contributed by atoms with Crippen molar-refractivity contribution in [3.05, 3.63) is 65.2 Å². The summed E-state index contributed by atoms with van der Waals surface area (Å²) in [6.07, 6.45) is 1.37. The van der Waals surface area contributed by atoms with Crippen molar-refractivity contribution in [2.24, 2.45) is 0 Å². The van der Waals surface area contributed by atoms with Gasteiger partial charge in [0.1, 0.15) is 17.4 Å². The van der Waals surface area contributed by atoms with Crippen LogP contribution in [0.3, 0.4) is 0 Å². The number of nitriles is 1. The SMILES string of the molecule is CCOc1ccc(/C=C(\C#N)C(=O)OCC(=O)Nc2ccc(C(C)=O)cc2)cc1. The fraction of sp³-hybridized carbons (Fsp3) is 0.182. The Bertz CT molecular complexity index is 954. The first-order chi connectivity index (χ1) is 13.9. The third kappa shape index (κ3) is 6.63. The van der Waals surface area contributed by atoms with E-state index < -0.39 is 18.5 Å². The smallest absolute Gasteiger partial charge is 0.349 e. The van der Waals surface area contributed by atoms with Crippen LogP contribution in [0.1, 0.15) is 29.8 Å². The van der Waals surface area contributed by atoms with Crippen LogP contribution in [0.25, 0.3) is 6.08 Å². The minimum absolute atomic E-state index is 0.0832. The molecule has 0 saturated heterocycles. The molecule has 1 amide bonds. The molecule has 0 aliphatic heterocycles. The average Bonchev–Trinajstić information content (AvgIpc) is 2.72. The highest BCUT2D eigenvalue weighted by Crippen LogP contribution is 2.15. The molecular weight excluding hydrogens is 372 g/mol. The van der Waals surface area contributed by atoms with E-state index in [4.69, 9.17) is 9.47 Å². The quantitative estimate of drug-likeness (QED) is 0.320. The molecule has 0 radical (unpaired) electrons. The lowest BCUT2D eigenvalue weighted by molar-refractivity contribution is -0.142. The highest BCUT2D eigenvalue weighted by Gasteiger charge is 2.13. The highest BCUT2D eigenvalue weighted by atomic mass is 16.5. The summed E-state index contributed by atoms with van der Waals surface area (Å²) in [7, 11) is 0. The Hall–Kier alpha value is -3.92. The summed E-state index contributed by atoms with van der Waals surface area (Å²) < 4.78 is 10.2. The van der Waals surface area contributed by atoms with Crippen LogP contribution < -0.4 is 10.1 Å². The van der Waals surface area contributed by atoms with Gasteiger partial charge >= 0.3 is 5.97 Å². The van der Waals surface area contributed by atoms with Gasteiger partial charge in [0.2, 0.25) is 0 Å². The molecule has 2 rings (SSSR count). The summed E-state index contributed by atoms with van der Waals surface area (Å²) in [4.78, 5) is 35.2. The van der Waals surface area contributed by atoms with Crippen LogP contribution in [0.4, 0.5) is 5.69 Å². The van der Waals surface area contributed by atoms with Crippen LogP contribution in [0.5, 0.6) is 5.75 Å². The second-order valence-electron chi connectivity index (χ2n) is 5.93. The van der Waals surface area contributed by atoms with Crippen molar-refractivity contribution in [2.45, 2.75) is 13.8 Å². The van der Waals surface area contributed by atoms with E-state index in [0.717, 1.165) is 0 Å². The minimum Gasteiger partial charge on any atom is -0.494 e. The van der Waals surface area contributed by atoms with Crippen LogP contribution in [-0.2, 0) is 14.3 Å². The lowest BCUT2D eigenvalue weighted by atomic mass is 10.1. The van der Waals surface area contributed by atoms with Gasteiger partial charge in [-0.25, -0.2) is 4.79 Å².